The van der Waals surface area contributed by atoms with Crippen molar-refractivity contribution in [3.05, 3.63) is 53.6 Å². The van der Waals surface area contributed by atoms with Crippen molar-refractivity contribution in [2.24, 2.45) is 0 Å². The molecule has 0 saturated carbocycles. The molecule has 0 amide bonds. The van der Waals surface area contributed by atoms with E-state index < -0.39 is 5.79 Å². The molecule has 0 aliphatic heterocycles. The molecule has 5 nitrogen and oxygen atoms in total. The molecule has 2 aromatic carbocycles. The highest BCUT2D eigenvalue weighted by molar-refractivity contribution is 5.48. The van der Waals surface area contributed by atoms with Crippen molar-refractivity contribution in [3.8, 4) is 17.2 Å². The second kappa shape index (κ2) is 7.35. The van der Waals surface area contributed by atoms with Crippen LogP contribution in [0.25, 0.3) is 0 Å². The number of methoxy groups -OCH3 is 5. The van der Waals surface area contributed by atoms with Gasteiger partial charge in [0.2, 0.25) is 5.79 Å². The molecule has 124 valence electrons. The van der Waals surface area contributed by atoms with E-state index >= 15 is 0 Å². The lowest BCUT2D eigenvalue weighted by molar-refractivity contribution is -0.184. The number of hydrogen-bond donors (Lipinski definition) is 0. The van der Waals surface area contributed by atoms with Crippen LogP contribution in [-0.4, -0.2) is 35.5 Å². The first-order chi connectivity index (χ1) is 11.1. The van der Waals surface area contributed by atoms with Crippen molar-refractivity contribution in [1.29, 1.82) is 0 Å². The standard InChI is InChI=1S/C18H22O5/c1-19-14-8-6-13(7-9-14)18(22-4,23-5)16-11-10-15(20-2)12-17(16)21-3/h6-12H,1-5H3. The van der Waals surface area contributed by atoms with Crippen molar-refractivity contribution in [2.75, 3.05) is 35.5 Å². The summed E-state index contributed by atoms with van der Waals surface area (Å²) in [5.41, 5.74) is 1.57. The first-order valence-corrected chi connectivity index (χ1v) is 7.12. The monoisotopic (exact) mass is 318 g/mol. The van der Waals surface area contributed by atoms with Crippen LogP contribution in [0.2, 0.25) is 0 Å². The largest absolute Gasteiger partial charge is 0.497 e. The van der Waals surface area contributed by atoms with E-state index in [1.54, 1.807) is 41.6 Å². The topological polar surface area (TPSA) is 46.2 Å². The molecule has 23 heavy (non-hydrogen) atoms. The third-order valence-electron chi connectivity index (χ3n) is 3.81. The molecule has 2 rings (SSSR count). The number of benzene rings is 2. The summed E-state index contributed by atoms with van der Waals surface area (Å²) in [6, 6.07) is 13.0. The summed E-state index contributed by atoms with van der Waals surface area (Å²) in [6.07, 6.45) is 0. The Morgan fingerprint density at radius 2 is 1.22 bits per heavy atom. The molecule has 0 radical (unpaired) electrons. The molecule has 0 aliphatic rings. The molecule has 0 unspecified atom stereocenters. The molecule has 0 fully saturated rings. The van der Waals surface area contributed by atoms with Crippen molar-refractivity contribution in [3.63, 3.8) is 0 Å². The lowest BCUT2D eigenvalue weighted by Crippen LogP contribution is -2.32. The van der Waals surface area contributed by atoms with E-state index in [4.69, 9.17) is 23.7 Å². The van der Waals surface area contributed by atoms with Crippen molar-refractivity contribution in [1.82, 2.24) is 0 Å². The molecule has 5 heteroatoms. The average molecular weight is 318 g/mol. The molecule has 0 saturated heterocycles. The lowest BCUT2D eigenvalue weighted by atomic mass is 9.95. The minimum atomic E-state index is -1.09. The van der Waals surface area contributed by atoms with Gasteiger partial charge in [-0.15, -0.1) is 0 Å². The molecular formula is C18H22O5. The maximum absolute atomic E-state index is 5.76. The highest BCUT2D eigenvalue weighted by Gasteiger charge is 2.37. The highest BCUT2D eigenvalue weighted by atomic mass is 16.7. The van der Waals surface area contributed by atoms with Gasteiger partial charge in [0.25, 0.3) is 0 Å². The van der Waals surface area contributed by atoms with Crippen LogP contribution in [-0.2, 0) is 15.3 Å². The van der Waals surface area contributed by atoms with Gasteiger partial charge in [0.1, 0.15) is 17.2 Å². The van der Waals surface area contributed by atoms with E-state index in [0.717, 1.165) is 16.9 Å². The van der Waals surface area contributed by atoms with Crippen LogP contribution in [0, 0.1) is 0 Å². The van der Waals surface area contributed by atoms with Crippen LogP contribution in [0.4, 0.5) is 0 Å². The normalized spacial score (nSPS) is 11.2. The Morgan fingerprint density at radius 3 is 1.70 bits per heavy atom. The third kappa shape index (κ3) is 3.11. The van der Waals surface area contributed by atoms with Gasteiger partial charge in [-0.2, -0.15) is 0 Å². The fourth-order valence-electron chi connectivity index (χ4n) is 2.58. The fraction of sp³-hybridized carbons (Fsp3) is 0.333. The Hall–Kier alpha value is -2.24. The SMILES string of the molecule is COc1ccc(C(OC)(OC)c2ccc(OC)cc2OC)cc1. The van der Waals surface area contributed by atoms with Crippen LogP contribution in [0.15, 0.2) is 42.5 Å². The molecular weight excluding hydrogens is 296 g/mol. The molecule has 0 aromatic heterocycles. The number of hydrogen-bond acceptors (Lipinski definition) is 5. The predicted molar refractivity (Wildman–Crippen MR) is 87.3 cm³/mol. The van der Waals surface area contributed by atoms with Crippen molar-refractivity contribution in [2.45, 2.75) is 5.79 Å². The van der Waals surface area contributed by atoms with Gasteiger partial charge in [0.15, 0.2) is 0 Å². The van der Waals surface area contributed by atoms with Gasteiger partial charge in [0, 0.05) is 25.8 Å². The molecule has 0 heterocycles. The summed E-state index contributed by atoms with van der Waals surface area (Å²) in [7, 11) is 8.02. The van der Waals surface area contributed by atoms with E-state index in [0.29, 0.717) is 11.5 Å². The smallest absolute Gasteiger partial charge is 0.225 e. The van der Waals surface area contributed by atoms with Gasteiger partial charge in [-0.1, -0.05) is 0 Å². The van der Waals surface area contributed by atoms with E-state index in [1.165, 1.54) is 0 Å². The van der Waals surface area contributed by atoms with Crippen molar-refractivity contribution >= 4 is 0 Å². The molecule has 0 aliphatic carbocycles. The molecule has 0 N–H and O–H groups in total. The van der Waals surface area contributed by atoms with E-state index in [2.05, 4.69) is 0 Å². The minimum Gasteiger partial charge on any atom is -0.497 e. The summed E-state index contributed by atoms with van der Waals surface area (Å²) < 4.78 is 27.5. The molecule has 0 atom stereocenters. The molecule has 2 aromatic rings. The third-order valence-corrected chi connectivity index (χ3v) is 3.81. The van der Waals surface area contributed by atoms with Crippen LogP contribution in [0.5, 0.6) is 17.2 Å². The maximum Gasteiger partial charge on any atom is 0.225 e. The Labute approximate surface area is 136 Å². The van der Waals surface area contributed by atoms with Crippen LogP contribution in [0.1, 0.15) is 11.1 Å². The van der Waals surface area contributed by atoms with Gasteiger partial charge in [-0.05, 0) is 36.4 Å². The Balaban J connectivity index is 2.60. The number of ether oxygens (including phenoxy) is 5. The van der Waals surface area contributed by atoms with Crippen LogP contribution >= 0.6 is 0 Å². The second-order valence-electron chi connectivity index (χ2n) is 4.82. The van der Waals surface area contributed by atoms with Gasteiger partial charge in [-0.3, -0.25) is 0 Å². The Morgan fingerprint density at radius 1 is 0.652 bits per heavy atom. The van der Waals surface area contributed by atoms with Crippen LogP contribution in [0.3, 0.4) is 0 Å². The van der Waals surface area contributed by atoms with Gasteiger partial charge in [0.05, 0.1) is 26.9 Å². The minimum absolute atomic E-state index is 0.615. The zero-order valence-corrected chi connectivity index (χ0v) is 14.1. The number of rotatable bonds is 7. The lowest BCUT2D eigenvalue weighted by Gasteiger charge is -2.33. The van der Waals surface area contributed by atoms with Gasteiger partial charge < -0.3 is 23.7 Å². The molecule has 0 bridgehead atoms. The zero-order chi connectivity index (χ0) is 16.9. The summed E-state index contributed by atoms with van der Waals surface area (Å²) >= 11 is 0. The summed E-state index contributed by atoms with van der Waals surface area (Å²) in [6.45, 7) is 0. The van der Waals surface area contributed by atoms with E-state index in [-0.39, 0.29) is 0 Å². The van der Waals surface area contributed by atoms with Gasteiger partial charge in [-0.25, -0.2) is 0 Å². The summed E-state index contributed by atoms with van der Waals surface area (Å²) in [4.78, 5) is 0. The van der Waals surface area contributed by atoms with Gasteiger partial charge >= 0.3 is 0 Å². The van der Waals surface area contributed by atoms with E-state index in [9.17, 15) is 0 Å². The molecule has 0 spiro atoms. The quantitative estimate of drug-likeness (QED) is 0.734. The van der Waals surface area contributed by atoms with Crippen molar-refractivity contribution < 1.29 is 23.7 Å². The first kappa shape index (κ1) is 17.1. The second-order valence-corrected chi connectivity index (χ2v) is 4.82. The highest BCUT2D eigenvalue weighted by Crippen LogP contribution is 2.41. The Kier molecular flexibility index (Phi) is 5.47. The van der Waals surface area contributed by atoms with Crippen LogP contribution < -0.4 is 14.2 Å². The van der Waals surface area contributed by atoms with E-state index in [1.807, 2.05) is 36.4 Å². The maximum atomic E-state index is 5.76. The average Bonchev–Trinajstić information content (AvgIpc) is 2.63. The zero-order valence-electron chi connectivity index (χ0n) is 14.1. The Bertz CT molecular complexity index is 632. The fourth-order valence-corrected chi connectivity index (χ4v) is 2.58. The predicted octanol–water partition coefficient (Wildman–Crippen LogP) is 3.21. The summed E-state index contributed by atoms with van der Waals surface area (Å²) in [5.74, 6) is 0.978. The summed E-state index contributed by atoms with van der Waals surface area (Å²) in [5, 5.41) is 0. The first-order valence-electron chi connectivity index (χ1n) is 7.12.